The first-order valence-electron chi connectivity index (χ1n) is 19.3. The first kappa shape index (κ1) is 35.1. The van der Waals surface area contributed by atoms with Gasteiger partial charge in [0.25, 0.3) is 5.91 Å². The van der Waals surface area contributed by atoms with Crippen molar-refractivity contribution in [1.29, 1.82) is 0 Å². The summed E-state index contributed by atoms with van der Waals surface area (Å²) in [6.45, 7) is 6.96. The number of hydrogen-bond acceptors (Lipinski definition) is 6. The van der Waals surface area contributed by atoms with Crippen LogP contribution in [0.25, 0.3) is 11.4 Å². The minimum atomic E-state index is -0.908. The predicted octanol–water partition coefficient (Wildman–Crippen LogP) is 6.90. The number of piperidine rings is 1. The van der Waals surface area contributed by atoms with E-state index in [-0.39, 0.29) is 36.7 Å². The molecule has 4 fully saturated rings. The maximum atomic E-state index is 13.5. The fourth-order valence-corrected chi connectivity index (χ4v) is 8.62. The summed E-state index contributed by atoms with van der Waals surface area (Å²) in [4.78, 5) is 51.6. The summed E-state index contributed by atoms with van der Waals surface area (Å²) >= 11 is 0. The highest BCUT2D eigenvalue weighted by molar-refractivity contribution is 5.98. The SMILES string of the molecule is CCC[C@H]1CC[C@H](C2CCN(c3cnc(-c4ccc(C[C@H](NC(=O)c5ccc(C6(C)CC6)cc5)C(=O)N5CC(C(=O)O)C5)cc4)nc3)CC2)CC1. The van der Waals surface area contributed by atoms with Crippen LogP contribution in [-0.4, -0.2) is 70.0 Å². The van der Waals surface area contributed by atoms with E-state index in [0.717, 1.165) is 60.5 Å². The van der Waals surface area contributed by atoms with E-state index in [2.05, 4.69) is 24.1 Å². The topological polar surface area (TPSA) is 116 Å². The number of amides is 2. The molecule has 51 heavy (non-hydrogen) atoms. The Hall–Kier alpha value is -4.27. The van der Waals surface area contributed by atoms with Crippen LogP contribution in [0, 0.1) is 23.7 Å². The van der Waals surface area contributed by atoms with Gasteiger partial charge in [0.05, 0.1) is 24.0 Å². The van der Waals surface area contributed by atoms with Gasteiger partial charge >= 0.3 is 5.97 Å². The van der Waals surface area contributed by atoms with Crippen molar-refractivity contribution in [3.63, 3.8) is 0 Å². The molecular formula is C42H53N5O4. The molecule has 0 unspecified atom stereocenters. The van der Waals surface area contributed by atoms with Gasteiger partial charge in [-0.2, -0.15) is 0 Å². The lowest BCUT2D eigenvalue weighted by Crippen LogP contribution is -2.59. The number of rotatable bonds is 12. The Bertz CT molecular complexity index is 1670. The number of carbonyl (C=O) groups excluding carboxylic acids is 2. The van der Waals surface area contributed by atoms with Gasteiger partial charge in [-0.3, -0.25) is 14.4 Å². The summed E-state index contributed by atoms with van der Waals surface area (Å²) < 4.78 is 0. The van der Waals surface area contributed by atoms with Crippen LogP contribution in [0.4, 0.5) is 5.69 Å². The van der Waals surface area contributed by atoms with Crippen molar-refractivity contribution >= 4 is 23.5 Å². The van der Waals surface area contributed by atoms with Crippen molar-refractivity contribution in [2.24, 2.45) is 23.7 Å². The van der Waals surface area contributed by atoms with Gasteiger partial charge in [-0.05, 0) is 85.0 Å². The third-order valence-corrected chi connectivity index (χ3v) is 12.4. The average molecular weight is 692 g/mol. The number of nitrogens with one attached hydrogen (secondary N) is 1. The zero-order chi connectivity index (χ0) is 35.5. The summed E-state index contributed by atoms with van der Waals surface area (Å²) in [7, 11) is 0. The highest BCUT2D eigenvalue weighted by atomic mass is 16.4. The van der Waals surface area contributed by atoms with E-state index in [1.165, 1.54) is 61.8 Å². The molecule has 2 saturated heterocycles. The number of hydrogen-bond donors (Lipinski definition) is 2. The Morgan fingerprint density at radius 2 is 1.51 bits per heavy atom. The molecular weight excluding hydrogens is 638 g/mol. The number of benzene rings is 2. The van der Waals surface area contributed by atoms with Crippen LogP contribution in [0.15, 0.2) is 60.9 Å². The number of carboxylic acids is 1. The van der Waals surface area contributed by atoms with Crippen LogP contribution >= 0.6 is 0 Å². The lowest BCUT2D eigenvalue weighted by molar-refractivity contribution is -0.153. The van der Waals surface area contributed by atoms with Crippen LogP contribution in [0.5, 0.6) is 0 Å². The van der Waals surface area contributed by atoms with Gasteiger partial charge in [0.1, 0.15) is 6.04 Å². The molecule has 2 aliphatic heterocycles. The number of carboxylic acid groups (broad SMARTS) is 1. The second-order valence-corrected chi connectivity index (χ2v) is 16.0. The fraction of sp³-hybridized carbons (Fsp3) is 0.548. The van der Waals surface area contributed by atoms with Crippen LogP contribution in [-0.2, 0) is 21.4 Å². The van der Waals surface area contributed by atoms with Crippen molar-refractivity contribution in [1.82, 2.24) is 20.2 Å². The molecule has 9 nitrogen and oxygen atoms in total. The second-order valence-electron chi connectivity index (χ2n) is 16.0. The number of likely N-dealkylation sites (tertiary alicyclic amines) is 1. The quantitative estimate of drug-likeness (QED) is 0.212. The van der Waals surface area contributed by atoms with Crippen molar-refractivity contribution in [3.05, 3.63) is 77.6 Å². The number of anilines is 1. The molecule has 7 rings (SSSR count). The molecule has 3 aromatic rings. The molecule has 0 radical (unpaired) electrons. The minimum absolute atomic E-state index is 0.151. The summed E-state index contributed by atoms with van der Waals surface area (Å²) in [5.74, 6) is 1.29. The Morgan fingerprint density at radius 3 is 2.10 bits per heavy atom. The standard InChI is InChI=1S/C42H53N5O4/c1-3-4-28-5-9-30(10-6-28)31-17-21-46(22-18-31)36-24-43-38(44-25-36)32-11-7-29(8-12-32)23-37(40(49)47-26-34(27-47)41(50)51)45-39(48)33-13-15-35(16-14-33)42(2)19-20-42/h7-8,11-16,24-25,28,30-31,34,37H,3-6,9-10,17-23,26-27H2,1-2H3,(H,45,48)(H,50,51)/t28-,30-,37-/m0/s1. The summed E-state index contributed by atoms with van der Waals surface area (Å²) in [5, 5.41) is 12.3. The summed E-state index contributed by atoms with van der Waals surface area (Å²) in [5.41, 5.74) is 4.76. The van der Waals surface area contributed by atoms with Crippen LogP contribution < -0.4 is 10.2 Å². The molecule has 2 aromatic carbocycles. The lowest BCUT2D eigenvalue weighted by atomic mass is 9.72. The van der Waals surface area contributed by atoms with Crippen LogP contribution in [0.1, 0.15) is 99.5 Å². The Kier molecular flexibility index (Phi) is 10.4. The molecule has 0 spiro atoms. The first-order valence-corrected chi connectivity index (χ1v) is 19.3. The van der Waals surface area contributed by atoms with Crippen molar-refractivity contribution < 1.29 is 19.5 Å². The maximum absolute atomic E-state index is 13.5. The Labute approximate surface area is 302 Å². The molecule has 1 atom stereocenters. The van der Waals surface area contributed by atoms with Gasteiger partial charge in [0.2, 0.25) is 5.91 Å². The minimum Gasteiger partial charge on any atom is -0.481 e. The van der Waals surface area contributed by atoms with Crippen LogP contribution in [0.3, 0.4) is 0 Å². The molecule has 0 bridgehead atoms. The third kappa shape index (κ3) is 8.13. The fourth-order valence-electron chi connectivity index (χ4n) is 8.62. The maximum Gasteiger partial charge on any atom is 0.310 e. The number of aromatic nitrogens is 2. The monoisotopic (exact) mass is 691 g/mol. The Balaban J connectivity index is 0.956. The van der Waals surface area contributed by atoms with E-state index in [9.17, 15) is 19.5 Å². The van der Waals surface area contributed by atoms with Gasteiger partial charge in [-0.15, -0.1) is 0 Å². The van der Waals surface area contributed by atoms with Gasteiger partial charge in [0.15, 0.2) is 5.82 Å². The van der Waals surface area contributed by atoms with E-state index in [0.29, 0.717) is 11.4 Å². The van der Waals surface area contributed by atoms with Crippen molar-refractivity contribution in [2.45, 2.75) is 95.9 Å². The smallest absolute Gasteiger partial charge is 0.310 e. The summed E-state index contributed by atoms with van der Waals surface area (Å²) in [6.07, 6.45) is 17.3. The molecule has 4 aliphatic rings. The van der Waals surface area contributed by atoms with Gasteiger partial charge in [0, 0.05) is 43.7 Å². The number of carbonyl (C=O) groups is 3. The number of aliphatic carboxylic acids is 1. The zero-order valence-corrected chi connectivity index (χ0v) is 30.2. The van der Waals surface area contributed by atoms with E-state index in [4.69, 9.17) is 9.97 Å². The highest BCUT2D eigenvalue weighted by Crippen LogP contribution is 2.47. The predicted molar refractivity (Wildman–Crippen MR) is 198 cm³/mol. The molecule has 3 heterocycles. The van der Waals surface area contributed by atoms with Crippen LogP contribution in [0.2, 0.25) is 0 Å². The third-order valence-electron chi connectivity index (χ3n) is 12.4. The van der Waals surface area contributed by atoms with Crippen molar-refractivity contribution in [2.75, 3.05) is 31.1 Å². The van der Waals surface area contributed by atoms with Gasteiger partial charge in [-0.1, -0.05) is 75.9 Å². The van der Waals surface area contributed by atoms with Crippen molar-refractivity contribution in [3.8, 4) is 11.4 Å². The average Bonchev–Trinajstić information content (AvgIpc) is 3.89. The first-order chi connectivity index (χ1) is 24.7. The second kappa shape index (κ2) is 15.1. The van der Waals surface area contributed by atoms with Gasteiger partial charge < -0.3 is 20.2 Å². The van der Waals surface area contributed by atoms with E-state index >= 15 is 0 Å². The Morgan fingerprint density at radius 1 is 0.882 bits per heavy atom. The molecule has 2 amide bonds. The molecule has 2 N–H and O–H groups in total. The molecule has 1 aromatic heterocycles. The van der Waals surface area contributed by atoms with E-state index in [1.807, 2.05) is 60.9 Å². The molecule has 2 saturated carbocycles. The lowest BCUT2D eigenvalue weighted by Gasteiger charge is -2.39. The number of nitrogens with zero attached hydrogens (tertiary/aromatic N) is 4. The molecule has 9 heteroatoms. The van der Waals surface area contributed by atoms with Gasteiger partial charge in [-0.25, -0.2) is 9.97 Å². The zero-order valence-electron chi connectivity index (χ0n) is 30.2. The largest absolute Gasteiger partial charge is 0.481 e. The van der Waals surface area contributed by atoms with E-state index in [1.54, 1.807) is 0 Å². The van der Waals surface area contributed by atoms with E-state index < -0.39 is 17.9 Å². The molecule has 2 aliphatic carbocycles. The summed E-state index contributed by atoms with van der Waals surface area (Å²) in [6, 6.07) is 14.6. The molecule has 270 valence electrons. The normalized spacial score (nSPS) is 22.5. The highest BCUT2D eigenvalue weighted by Gasteiger charge is 2.40.